The van der Waals surface area contributed by atoms with Crippen LogP contribution in [0.1, 0.15) is 5.56 Å². The smallest absolute Gasteiger partial charge is 0.222 e. The van der Waals surface area contributed by atoms with E-state index in [0.717, 1.165) is 12.1 Å². The summed E-state index contributed by atoms with van der Waals surface area (Å²) in [7, 11) is -2.93. The van der Waals surface area contributed by atoms with Gasteiger partial charge in [0.15, 0.2) is 5.82 Å². The van der Waals surface area contributed by atoms with Gasteiger partial charge in [-0.2, -0.15) is 0 Å². The molecule has 0 bridgehead atoms. The molecule has 13 heavy (non-hydrogen) atoms. The molecule has 0 saturated heterocycles. The van der Waals surface area contributed by atoms with E-state index in [2.05, 4.69) is 0 Å². The molecule has 0 aliphatic heterocycles. The molecule has 0 saturated carbocycles. The second-order valence-electron chi connectivity index (χ2n) is 2.40. The number of anilines is 1. The summed E-state index contributed by atoms with van der Waals surface area (Å²) in [6.45, 7) is 1.23. The van der Waals surface area contributed by atoms with Crippen LogP contribution in [-0.4, -0.2) is 8.42 Å². The number of hydrogen-bond acceptors (Lipinski definition) is 2. The van der Waals surface area contributed by atoms with Gasteiger partial charge in [0.05, 0.1) is 5.69 Å². The van der Waals surface area contributed by atoms with Gasteiger partial charge in [0.25, 0.3) is 0 Å². The second kappa shape index (κ2) is 3.69. The lowest BCUT2D eigenvalue weighted by atomic mass is 10.2. The summed E-state index contributed by atoms with van der Waals surface area (Å²) >= 11 is 0. The van der Waals surface area contributed by atoms with E-state index < -0.39 is 22.5 Å². The van der Waals surface area contributed by atoms with Gasteiger partial charge in [0, 0.05) is 5.56 Å². The molecule has 0 aromatic heterocycles. The zero-order valence-electron chi connectivity index (χ0n) is 6.67. The molecule has 1 aromatic carbocycles. The van der Waals surface area contributed by atoms with Gasteiger partial charge in [0.2, 0.25) is 10.9 Å². The average molecular weight is 207 g/mol. The van der Waals surface area contributed by atoms with E-state index in [-0.39, 0.29) is 11.3 Å². The molecule has 0 radical (unpaired) electrons. The van der Waals surface area contributed by atoms with E-state index in [1.807, 2.05) is 4.72 Å². The van der Waals surface area contributed by atoms with Crippen molar-refractivity contribution in [2.45, 2.75) is 6.92 Å². The Bertz CT molecular complexity index is 396. The van der Waals surface area contributed by atoms with Crippen molar-refractivity contribution in [1.29, 1.82) is 0 Å². The predicted octanol–water partition coefficient (Wildman–Crippen LogP) is 1.21. The van der Waals surface area contributed by atoms with Gasteiger partial charge in [-0.25, -0.2) is 17.2 Å². The highest BCUT2D eigenvalue weighted by atomic mass is 32.2. The lowest BCUT2D eigenvalue weighted by Gasteiger charge is -2.03. The van der Waals surface area contributed by atoms with Crippen LogP contribution in [0, 0.1) is 18.6 Å². The van der Waals surface area contributed by atoms with Crippen molar-refractivity contribution in [3.63, 3.8) is 0 Å². The predicted molar refractivity (Wildman–Crippen MR) is 45.0 cm³/mol. The van der Waals surface area contributed by atoms with Gasteiger partial charge in [-0.05, 0) is 19.1 Å². The van der Waals surface area contributed by atoms with E-state index in [0.29, 0.717) is 0 Å². The summed E-state index contributed by atoms with van der Waals surface area (Å²) in [5, 5.41) is 0. The van der Waals surface area contributed by atoms with Crippen molar-refractivity contribution in [3.05, 3.63) is 29.3 Å². The quantitative estimate of drug-likeness (QED) is 0.716. The number of benzene rings is 1. The molecule has 0 aliphatic rings. The molecular weight excluding hydrogens is 200 g/mol. The van der Waals surface area contributed by atoms with Gasteiger partial charge >= 0.3 is 0 Å². The van der Waals surface area contributed by atoms with Crippen molar-refractivity contribution in [2.24, 2.45) is 0 Å². The first-order chi connectivity index (χ1) is 6.02. The van der Waals surface area contributed by atoms with Crippen LogP contribution in [0.25, 0.3) is 0 Å². The average Bonchev–Trinajstić information content (AvgIpc) is 2.06. The molecule has 3 nitrogen and oxygen atoms in total. The summed E-state index contributed by atoms with van der Waals surface area (Å²) < 4.78 is 47.9. The highest BCUT2D eigenvalue weighted by Crippen LogP contribution is 2.19. The van der Waals surface area contributed by atoms with Gasteiger partial charge in [-0.1, -0.05) is 0 Å². The summed E-state index contributed by atoms with van der Waals surface area (Å²) in [6.07, 6.45) is 0. The second-order valence-corrected chi connectivity index (χ2v) is 3.14. The largest absolute Gasteiger partial charge is 0.283 e. The standard InChI is InChI=1S/C7H7F2NO2S/c1-4-5(8)2-3-6(7(4)9)10-13(11)12/h2-3,13H,1H3,(H,10,11,12). The minimum absolute atomic E-state index is 0.207. The molecule has 0 atom stereocenters. The van der Waals surface area contributed by atoms with Crippen LogP contribution in [0.2, 0.25) is 0 Å². The Hall–Kier alpha value is -1.17. The first-order valence-electron chi connectivity index (χ1n) is 3.38. The Morgan fingerprint density at radius 2 is 1.92 bits per heavy atom. The Morgan fingerprint density at radius 1 is 1.31 bits per heavy atom. The van der Waals surface area contributed by atoms with Crippen LogP contribution in [-0.2, 0) is 10.9 Å². The van der Waals surface area contributed by atoms with E-state index in [9.17, 15) is 17.2 Å². The lowest BCUT2D eigenvalue weighted by Crippen LogP contribution is -2.00. The molecule has 72 valence electrons. The molecule has 0 fully saturated rings. The van der Waals surface area contributed by atoms with Crippen molar-refractivity contribution < 1.29 is 17.2 Å². The summed E-state index contributed by atoms with van der Waals surface area (Å²) in [5.41, 5.74) is -0.447. The molecule has 0 amide bonds. The van der Waals surface area contributed by atoms with Crippen molar-refractivity contribution >= 4 is 16.6 Å². The molecule has 0 spiro atoms. The van der Waals surface area contributed by atoms with Crippen LogP contribution in [0.3, 0.4) is 0 Å². The number of nitrogens with one attached hydrogen (secondary N) is 1. The number of thiol groups is 1. The fraction of sp³-hybridized carbons (Fsp3) is 0.143. The molecular formula is C7H7F2NO2S. The summed E-state index contributed by atoms with van der Waals surface area (Å²) in [5.74, 6) is -1.59. The zero-order chi connectivity index (χ0) is 10.0. The van der Waals surface area contributed by atoms with Crippen LogP contribution in [0.5, 0.6) is 0 Å². The Morgan fingerprint density at radius 3 is 2.46 bits per heavy atom. The summed E-state index contributed by atoms with van der Waals surface area (Å²) in [6, 6.07) is 2.03. The first-order valence-corrected chi connectivity index (χ1v) is 4.55. The molecule has 0 aliphatic carbocycles. The maximum atomic E-state index is 13.1. The van der Waals surface area contributed by atoms with Gasteiger partial charge in [-0.3, -0.25) is 4.72 Å². The monoisotopic (exact) mass is 207 g/mol. The fourth-order valence-corrected chi connectivity index (χ4v) is 1.22. The Kier molecular flexibility index (Phi) is 2.82. The highest BCUT2D eigenvalue weighted by Gasteiger charge is 2.09. The molecule has 1 rings (SSSR count). The summed E-state index contributed by atoms with van der Waals surface area (Å²) in [4.78, 5) is 0. The van der Waals surface area contributed by atoms with E-state index in [4.69, 9.17) is 0 Å². The molecule has 0 heterocycles. The number of halogens is 2. The maximum Gasteiger partial charge on any atom is 0.222 e. The van der Waals surface area contributed by atoms with Gasteiger partial charge in [0.1, 0.15) is 5.82 Å². The molecule has 0 unspecified atom stereocenters. The van der Waals surface area contributed by atoms with Crippen molar-refractivity contribution in [1.82, 2.24) is 0 Å². The van der Waals surface area contributed by atoms with Crippen LogP contribution < -0.4 is 4.72 Å². The van der Waals surface area contributed by atoms with E-state index in [1.54, 1.807) is 0 Å². The molecule has 1 aromatic rings. The SMILES string of the molecule is Cc1c(F)ccc(N[SH](=O)=O)c1F. The topological polar surface area (TPSA) is 46.2 Å². The van der Waals surface area contributed by atoms with Crippen LogP contribution in [0.4, 0.5) is 14.5 Å². The van der Waals surface area contributed by atoms with Crippen molar-refractivity contribution in [2.75, 3.05) is 4.72 Å². The minimum atomic E-state index is -2.93. The van der Waals surface area contributed by atoms with Gasteiger partial charge < -0.3 is 0 Å². The third-order valence-electron chi connectivity index (χ3n) is 1.53. The number of hydrogen-bond donors (Lipinski definition) is 2. The maximum absolute atomic E-state index is 13.1. The normalized spacial score (nSPS) is 10.5. The third kappa shape index (κ3) is 2.15. The van der Waals surface area contributed by atoms with E-state index in [1.165, 1.54) is 6.92 Å². The van der Waals surface area contributed by atoms with Crippen LogP contribution >= 0.6 is 0 Å². The fourth-order valence-electron chi connectivity index (χ4n) is 0.846. The Balaban J connectivity index is 3.18. The zero-order valence-corrected chi connectivity index (χ0v) is 7.57. The van der Waals surface area contributed by atoms with E-state index >= 15 is 0 Å². The molecule has 1 N–H and O–H groups in total. The van der Waals surface area contributed by atoms with Crippen molar-refractivity contribution in [3.8, 4) is 0 Å². The lowest BCUT2D eigenvalue weighted by molar-refractivity contribution is 0.570. The number of rotatable bonds is 2. The minimum Gasteiger partial charge on any atom is -0.283 e. The van der Waals surface area contributed by atoms with Gasteiger partial charge in [-0.15, -0.1) is 0 Å². The third-order valence-corrected chi connectivity index (χ3v) is 1.96. The first kappa shape index (κ1) is 9.91. The Labute approximate surface area is 75.5 Å². The van der Waals surface area contributed by atoms with Crippen LogP contribution in [0.15, 0.2) is 12.1 Å². The molecule has 6 heteroatoms. The highest BCUT2D eigenvalue weighted by molar-refractivity contribution is 7.73.